The number of hydrogen-bond donors (Lipinski definition) is 1. The Hall–Kier alpha value is -1.31. The molecule has 1 atom stereocenters. The molecule has 1 unspecified atom stereocenters. The third kappa shape index (κ3) is 1.64. The van der Waals surface area contributed by atoms with E-state index in [2.05, 4.69) is 0 Å². The van der Waals surface area contributed by atoms with E-state index < -0.39 is 5.41 Å². The minimum absolute atomic E-state index is 0.318. The smallest absolute Gasteiger partial charge is 0.231 e. The van der Waals surface area contributed by atoms with Gasteiger partial charge in [0.2, 0.25) is 5.91 Å². The summed E-state index contributed by atoms with van der Waals surface area (Å²) in [6, 6.07) is 0. The van der Waals surface area contributed by atoms with Gasteiger partial charge in [0.1, 0.15) is 0 Å². The van der Waals surface area contributed by atoms with Gasteiger partial charge in [0.05, 0.1) is 5.41 Å². The summed E-state index contributed by atoms with van der Waals surface area (Å²) < 4.78 is 0. The van der Waals surface area contributed by atoms with Gasteiger partial charge >= 0.3 is 0 Å². The van der Waals surface area contributed by atoms with Crippen molar-refractivity contribution in [2.24, 2.45) is 11.1 Å². The van der Waals surface area contributed by atoms with Gasteiger partial charge in [-0.2, -0.15) is 0 Å². The van der Waals surface area contributed by atoms with Crippen molar-refractivity contribution in [3.8, 4) is 0 Å². The first-order valence-electron chi connectivity index (χ1n) is 3.90. The Kier molecular flexibility index (Phi) is 2.18. The third-order valence-electron chi connectivity index (χ3n) is 1.97. The van der Waals surface area contributed by atoms with Crippen molar-refractivity contribution >= 4 is 5.91 Å². The van der Waals surface area contributed by atoms with Crippen LogP contribution in [0.1, 0.15) is 13.8 Å². The van der Waals surface area contributed by atoms with E-state index in [4.69, 9.17) is 5.73 Å². The summed E-state index contributed by atoms with van der Waals surface area (Å²) >= 11 is 0. The second-order valence-corrected chi connectivity index (χ2v) is 3.25. The number of primary amides is 1. The van der Waals surface area contributed by atoms with Crippen molar-refractivity contribution in [2.45, 2.75) is 13.8 Å². The molecule has 0 saturated heterocycles. The predicted octanol–water partition coefficient (Wildman–Crippen LogP) is 1.55. The lowest BCUT2D eigenvalue weighted by Gasteiger charge is -2.16. The maximum Gasteiger partial charge on any atom is 0.231 e. The number of carbonyl (C=O) groups is 1. The van der Waals surface area contributed by atoms with Crippen LogP contribution in [0.25, 0.3) is 0 Å². The molecule has 0 spiro atoms. The Morgan fingerprint density at radius 3 is 2.75 bits per heavy atom. The molecule has 0 bridgehead atoms. The van der Waals surface area contributed by atoms with Gasteiger partial charge < -0.3 is 5.73 Å². The topological polar surface area (TPSA) is 43.1 Å². The second-order valence-electron chi connectivity index (χ2n) is 3.25. The lowest BCUT2D eigenvalue weighted by Crippen LogP contribution is -2.30. The standard InChI is InChI=1S/C10H13NO/c1-8-5-3-4-6-10(2,7-8)9(11)12/h3-7H,1-2H3,(H2,11,12). The van der Waals surface area contributed by atoms with Crippen molar-refractivity contribution in [3.05, 3.63) is 36.0 Å². The maximum absolute atomic E-state index is 11.1. The SMILES string of the molecule is CC1=CC(C)(C(N)=O)C=CC=C1. The molecule has 12 heavy (non-hydrogen) atoms. The highest BCUT2D eigenvalue weighted by Gasteiger charge is 2.25. The first-order chi connectivity index (χ1) is 5.54. The van der Waals surface area contributed by atoms with Gasteiger partial charge in [0.15, 0.2) is 0 Å². The highest BCUT2D eigenvalue weighted by atomic mass is 16.1. The van der Waals surface area contributed by atoms with Gasteiger partial charge in [0, 0.05) is 0 Å². The summed E-state index contributed by atoms with van der Waals surface area (Å²) in [7, 11) is 0. The van der Waals surface area contributed by atoms with E-state index in [1.807, 2.05) is 44.2 Å². The van der Waals surface area contributed by atoms with Crippen molar-refractivity contribution in [3.63, 3.8) is 0 Å². The van der Waals surface area contributed by atoms with Gasteiger partial charge in [-0.15, -0.1) is 0 Å². The minimum Gasteiger partial charge on any atom is -0.369 e. The zero-order valence-corrected chi connectivity index (χ0v) is 7.37. The highest BCUT2D eigenvalue weighted by molar-refractivity contribution is 5.85. The predicted molar refractivity (Wildman–Crippen MR) is 49.3 cm³/mol. The summed E-state index contributed by atoms with van der Waals surface area (Å²) in [5.41, 5.74) is 5.70. The van der Waals surface area contributed by atoms with E-state index in [9.17, 15) is 4.79 Å². The van der Waals surface area contributed by atoms with E-state index in [0.717, 1.165) is 5.57 Å². The van der Waals surface area contributed by atoms with Crippen molar-refractivity contribution in [1.82, 2.24) is 0 Å². The molecule has 1 amide bonds. The monoisotopic (exact) mass is 163 g/mol. The number of carbonyl (C=O) groups excluding carboxylic acids is 1. The molecule has 1 aliphatic carbocycles. The molecular formula is C10H13NO. The Morgan fingerprint density at radius 2 is 2.17 bits per heavy atom. The average molecular weight is 163 g/mol. The van der Waals surface area contributed by atoms with Crippen LogP contribution in [0.15, 0.2) is 36.0 Å². The van der Waals surface area contributed by atoms with Gasteiger partial charge in [-0.1, -0.05) is 36.0 Å². The van der Waals surface area contributed by atoms with E-state index in [1.165, 1.54) is 0 Å². The number of amides is 1. The molecule has 1 rings (SSSR count). The molecule has 0 radical (unpaired) electrons. The fourth-order valence-electron chi connectivity index (χ4n) is 1.19. The van der Waals surface area contributed by atoms with Crippen LogP contribution in [0.2, 0.25) is 0 Å². The first-order valence-corrected chi connectivity index (χ1v) is 3.90. The van der Waals surface area contributed by atoms with Gasteiger partial charge in [-0.25, -0.2) is 0 Å². The van der Waals surface area contributed by atoms with Crippen LogP contribution in [0.3, 0.4) is 0 Å². The van der Waals surface area contributed by atoms with Crippen LogP contribution in [0, 0.1) is 5.41 Å². The average Bonchev–Trinajstić information content (AvgIpc) is 2.12. The molecule has 0 aromatic rings. The summed E-state index contributed by atoms with van der Waals surface area (Å²) in [5.74, 6) is -0.318. The maximum atomic E-state index is 11.1. The summed E-state index contributed by atoms with van der Waals surface area (Å²) in [4.78, 5) is 11.1. The quantitative estimate of drug-likeness (QED) is 0.626. The molecule has 0 aromatic heterocycles. The fraction of sp³-hybridized carbons (Fsp3) is 0.300. The fourth-order valence-corrected chi connectivity index (χ4v) is 1.19. The molecule has 64 valence electrons. The number of nitrogens with two attached hydrogens (primary N) is 1. The highest BCUT2D eigenvalue weighted by Crippen LogP contribution is 2.24. The lowest BCUT2D eigenvalue weighted by atomic mass is 9.88. The minimum atomic E-state index is -0.631. The zero-order chi connectivity index (χ0) is 9.19. The van der Waals surface area contributed by atoms with Gasteiger partial charge in [0.25, 0.3) is 0 Å². The summed E-state index contributed by atoms with van der Waals surface area (Å²) in [5, 5.41) is 0. The molecule has 2 nitrogen and oxygen atoms in total. The van der Waals surface area contributed by atoms with E-state index in [-0.39, 0.29) is 5.91 Å². The molecule has 0 fully saturated rings. The molecular weight excluding hydrogens is 150 g/mol. The Labute approximate surface area is 72.5 Å². The first kappa shape index (κ1) is 8.78. The molecule has 2 N–H and O–H groups in total. The van der Waals surface area contributed by atoms with E-state index >= 15 is 0 Å². The largest absolute Gasteiger partial charge is 0.369 e. The van der Waals surface area contributed by atoms with E-state index in [0.29, 0.717) is 0 Å². The van der Waals surface area contributed by atoms with Crippen molar-refractivity contribution in [2.75, 3.05) is 0 Å². The number of hydrogen-bond acceptors (Lipinski definition) is 1. The third-order valence-corrected chi connectivity index (χ3v) is 1.97. The normalized spacial score (nSPS) is 28.0. The van der Waals surface area contributed by atoms with Crippen LogP contribution in [0.4, 0.5) is 0 Å². The Bertz CT molecular complexity index is 286. The molecule has 1 aliphatic rings. The number of rotatable bonds is 1. The van der Waals surface area contributed by atoms with Crippen LogP contribution in [0.5, 0.6) is 0 Å². The lowest BCUT2D eigenvalue weighted by molar-refractivity contribution is -0.122. The number of allylic oxidation sites excluding steroid dienone is 4. The Balaban J connectivity index is 3.07. The van der Waals surface area contributed by atoms with Crippen molar-refractivity contribution < 1.29 is 4.79 Å². The summed E-state index contributed by atoms with van der Waals surface area (Å²) in [6.07, 6.45) is 9.38. The Morgan fingerprint density at radius 1 is 1.50 bits per heavy atom. The van der Waals surface area contributed by atoms with Crippen LogP contribution in [-0.2, 0) is 4.79 Å². The zero-order valence-electron chi connectivity index (χ0n) is 7.37. The molecule has 0 heterocycles. The van der Waals surface area contributed by atoms with Crippen LogP contribution in [-0.4, -0.2) is 5.91 Å². The molecule has 0 saturated carbocycles. The van der Waals surface area contributed by atoms with Gasteiger partial charge in [-0.05, 0) is 13.8 Å². The van der Waals surface area contributed by atoms with Crippen LogP contribution >= 0.6 is 0 Å². The summed E-state index contributed by atoms with van der Waals surface area (Å²) in [6.45, 7) is 3.76. The molecule has 0 aromatic carbocycles. The molecule has 0 aliphatic heterocycles. The van der Waals surface area contributed by atoms with E-state index in [1.54, 1.807) is 0 Å². The van der Waals surface area contributed by atoms with Crippen molar-refractivity contribution in [1.29, 1.82) is 0 Å². The second kappa shape index (κ2) is 2.97. The molecule has 2 heteroatoms. The van der Waals surface area contributed by atoms with Crippen LogP contribution < -0.4 is 5.73 Å². The van der Waals surface area contributed by atoms with Gasteiger partial charge in [-0.3, -0.25) is 4.79 Å².